The highest BCUT2D eigenvalue weighted by Crippen LogP contribution is 2.45. The van der Waals surface area contributed by atoms with Gasteiger partial charge in [-0.05, 0) is 23.3 Å². The summed E-state index contributed by atoms with van der Waals surface area (Å²) in [4.78, 5) is 17.5. The molecule has 36 heavy (non-hydrogen) atoms. The predicted octanol–water partition coefficient (Wildman–Crippen LogP) is 4.99. The molecule has 1 unspecified atom stereocenters. The number of nitrogens with one attached hydrogen (secondary N) is 1. The maximum Gasteiger partial charge on any atom is 0.406 e. The Morgan fingerprint density at radius 3 is 2.58 bits per heavy atom. The molecule has 3 aromatic rings. The van der Waals surface area contributed by atoms with Gasteiger partial charge in [0.25, 0.3) is 5.91 Å². The molecule has 1 amide bonds. The van der Waals surface area contributed by atoms with Gasteiger partial charge in [0, 0.05) is 17.3 Å². The fourth-order valence-corrected chi connectivity index (χ4v) is 5.40. The first-order valence-corrected chi connectivity index (χ1v) is 12.4. The number of sulfonamides is 1. The van der Waals surface area contributed by atoms with Gasteiger partial charge < -0.3 is 0 Å². The van der Waals surface area contributed by atoms with E-state index in [0.717, 1.165) is 0 Å². The summed E-state index contributed by atoms with van der Waals surface area (Å²) in [5.74, 6) is -1.10. The average Bonchev–Trinajstić information content (AvgIpc) is 3.32. The quantitative estimate of drug-likeness (QED) is 0.501. The zero-order chi connectivity index (χ0) is 25.5. The molecule has 0 radical (unpaired) electrons. The van der Waals surface area contributed by atoms with E-state index in [1.54, 1.807) is 48.5 Å². The summed E-state index contributed by atoms with van der Waals surface area (Å²) < 4.78 is 68.2. The minimum Gasteiger partial charge on any atom is -0.299 e. The lowest BCUT2D eigenvalue weighted by Gasteiger charge is -2.33. The van der Waals surface area contributed by atoms with E-state index < -0.39 is 34.7 Å². The molecule has 2 aliphatic rings. The summed E-state index contributed by atoms with van der Waals surface area (Å²) in [7, 11) is -3.83. The molecule has 0 saturated carbocycles. The van der Waals surface area contributed by atoms with Crippen LogP contribution in [0.1, 0.15) is 17.2 Å². The van der Waals surface area contributed by atoms with Crippen LogP contribution in [-0.2, 0) is 20.6 Å². The van der Waals surface area contributed by atoms with Crippen molar-refractivity contribution >= 4 is 27.3 Å². The Hall–Kier alpha value is -4.06. The molecule has 2 aliphatic heterocycles. The number of anilines is 2. The molecule has 12 heteroatoms. The molecule has 0 bridgehead atoms. The number of carbonyl (C=O) groups excluding carboxylic acids is 1. The Bertz CT molecular complexity index is 1500. The van der Waals surface area contributed by atoms with E-state index in [0.29, 0.717) is 27.2 Å². The predicted molar refractivity (Wildman–Crippen MR) is 126 cm³/mol. The zero-order valence-corrected chi connectivity index (χ0v) is 19.3. The van der Waals surface area contributed by atoms with Crippen molar-refractivity contribution in [3.8, 4) is 11.1 Å². The van der Waals surface area contributed by atoms with E-state index >= 15 is 0 Å². The number of benzene rings is 2. The Balaban J connectivity index is 1.54. The second kappa shape index (κ2) is 8.86. The molecule has 184 valence electrons. The van der Waals surface area contributed by atoms with E-state index in [-0.39, 0.29) is 22.7 Å². The van der Waals surface area contributed by atoms with Crippen LogP contribution in [0.25, 0.3) is 11.1 Å². The van der Waals surface area contributed by atoms with Crippen molar-refractivity contribution in [2.75, 3.05) is 16.2 Å². The topological polar surface area (TPSA) is 104 Å². The van der Waals surface area contributed by atoms with Crippen molar-refractivity contribution in [2.45, 2.75) is 18.0 Å². The number of halogens is 3. The van der Waals surface area contributed by atoms with Gasteiger partial charge in [-0.25, -0.2) is 8.42 Å². The van der Waals surface area contributed by atoms with Crippen LogP contribution in [0.5, 0.6) is 0 Å². The average molecular weight is 514 g/mol. The van der Waals surface area contributed by atoms with Crippen molar-refractivity contribution in [1.82, 2.24) is 4.98 Å². The number of rotatable bonds is 6. The van der Waals surface area contributed by atoms with Crippen LogP contribution in [0, 0.1) is 0 Å². The smallest absolute Gasteiger partial charge is 0.299 e. The SMILES string of the molecule is O=C1C2=CN=NC2c2ccc(-c3ccncc3NS(=O)(=O)Cc3ccccc3)cc2N1CC(F)(F)F. The maximum atomic E-state index is 13.4. The van der Waals surface area contributed by atoms with E-state index in [4.69, 9.17) is 0 Å². The second-order valence-corrected chi connectivity index (χ2v) is 9.99. The van der Waals surface area contributed by atoms with Gasteiger partial charge in [-0.15, -0.1) is 0 Å². The van der Waals surface area contributed by atoms with Crippen LogP contribution in [0.2, 0.25) is 0 Å². The molecule has 0 saturated heterocycles. The number of hydrogen-bond acceptors (Lipinski definition) is 6. The molecule has 0 fully saturated rings. The number of aromatic nitrogens is 1. The summed E-state index contributed by atoms with van der Waals surface area (Å²) in [5, 5.41) is 7.72. The van der Waals surface area contributed by atoms with Gasteiger partial charge in [-0.1, -0.05) is 42.5 Å². The van der Waals surface area contributed by atoms with Gasteiger partial charge in [0.15, 0.2) is 0 Å². The van der Waals surface area contributed by atoms with Crippen LogP contribution < -0.4 is 9.62 Å². The van der Waals surface area contributed by atoms with Crippen molar-refractivity contribution in [3.05, 3.63) is 89.9 Å². The Labute approximate surface area is 204 Å². The maximum absolute atomic E-state index is 13.4. The van der Waals surface area contributed by atoms with Gasteiger partial charge in [0.05, 0.1) is 35.1 Å². The Kier molecular flexibility index (Phi) is 5.83. The van der Waals surface area contributed by atoms with E-state index in [1.165, 1.54) is 24.7 Å². The summed E-state index contributed by atoms with van der Waals surface area (Å²) in [6, 6.07) is 14.0. The number of alkyl halides is 3. The highest BCUT2D eigenvalue weighted by Gasteiger charge is 2.43. The first kappa shape index (κ1) is 23.7. The minimum atomic E-state index is -4.64. The fraction of sp³-hybridized carbons (Fsp3) is 0.167. The molecule has 5 rings (SSSR count). The lowest BCUT2D eigenvalue weighted by atomic mass is 9.90. The zero-order valence-electron chi connectivity index (χ0n) is 18.5. The number of carbonyl (C=O) groups is 1. The van der Waals surface area contributed by atoms with Crippen molar-refractivity contribution in [2.24, 2.45) is 10.2 Å². The van der Waals surface area contributed by atoms with E-state index in [1.807, 2.05) is 0 Å². The third-order valence-corrected chi connectivity index (χ3v) is 6.96. The summed E-state index contributed by atoms with van der Waals surface area (Å²) in [6.07, 6.45) is -0.704. The van der Waals surface area contributed by atoms with E-state index in [9.17, 15) is 26.4 Å². The van der Waals surface area contributed by atoms with Gasteiger partial charge >= 0.3 is 6.18 Å². The third kappa shape index (κ3) is 4.71. The lowest BCUT2D eigenvalue weighted by Crippen LogP contribution is -2.43. The van der Waals surface area contributed by atoms with Crippen LogP contribution in [0.4, 0.5) is 24.5 Å². The minimum absolute atomic E-state index is 0.0349. The first-order valence-electron chi connectivity index (χ1n) is 10.7. The summed E-state index contributed by atoms with van der Waals surface area (Å²) in [6.45, 7) is -1.49. The van der Waals surface area contributed by atoms with Crippen LogP contribution in [0.15, 0.2) is 89.0 Å². The monoisotopic (exact) mass is 513 g/mol. The summed E-state index contributed by atoms with van der Waals surface area (Å²) >= 11 is 0. The van der Waals surface area contributed by atoms with Gasteiger partial charge in [0.1, 0.15) is 12.6 Å². The molecule has 1 N–H and O–H groups in total. The fourth-order valence-electron chi connectivity index (χ4n) is 4.20. The standard InChI is InChI=1S/C24H18F3N5O3S/c25-24(26,27)14-32-21-10-16(6-7-18(21)22-19(23(32)33)11-29-30-22)17-8-9-28-12-20(17)31-36(34,35)13-15-4-2-1-3-5-15/h1-12,22,31H,13-14H2. The molecule has 2 aromatic carbocycles. The Morgan fingerprint density at radius 2 is 1.83 bits per heavy atom. The van der Waals surface area contributed by atoms with Gasteiger partial charge in [0.2, 0.25) is 10.0 Å². The number of nitrogens with zero attached hydrogens (tertiary/aromatic N) is 4. The molecule has 8 nitrogen and oxygen atoms in total. The van der Waals surface area contributed by atoms with Gasteiger partial charge in [-0.3, -0.25) is 19.4 Å². The first-order chi connectivity index (χ1) is 17.1. The third-order valence-electron chi connectivity index (χ3n) is 5.72. The number of fused-ring (bicyclic) bond motifs is 3. The number of hydrogen-bond donors (Lipinski definition) is 1. The number of amides is 1. The molecule has 0 spiro atoms. The van der Waals surface area contributed by atoms with Gasteiger partial charge in [-0.2, -0.15) is 23.4 Å². The van der Waals surface area contributed by atoms with Crippen molar-refractivity contribution in [3.63, 3.8) is 0 Å². The van der Waals surface area contributed by atoms with Crippen LogP contribution >= 0.6 is 0 Å². The number of pyridine rings is 1. The number of azo groups is 1. The molecule has 0 aliphatic carbocycles. The summed E-state index contributed by atoms with van der Waals surface area (Å²) in [5.41, 5.74) is 2.02. The van der Waals surface area contributed by atoms with Crippen LogP contribution in [0.3, 0.4) is 0 Å². The molecule has 1 aromatic heterocycles. The van der Waals surface area contributed by atoms with Crippen molar-refractivity contribution in [1.29, 1.82) is 0 Å². The molecule has 1 atom stereocenters. The van der Waals surface area contributed by atoms with Crippen molar-refractivity contribution < 1.29 is 26.4 Å². The lowest BCUT2D eigenvalue weighted by molar-refractivity contribution is -0.130. The molecule has 3 heterocycles. The Morgan fingerprint density at radius 1 is 1.06 bits per heavy atom. The molecular formula is C24H18F3N5O3S. The highest BCUT2D eigenvalue weighted by molar-refractivity contribution is 7.91. The molecular weight excluding hydrogens is 495 g/mol. The highest BCUT2D eigenvalue weighted by atomic mass is 32.2. The van der Waals surface area contributed by atoms with E-state index in [2.05, 4.69) is 19.9 Å². The van der Waals surface area contributed by atoms with Crippen LogP contribution in [-0.4, -0.2) is 32.0 Å². The second-order valence-electron chi connectivity index (χ2n) is 8.27. The largest absolute Gasteiger partial charge is 0.406 e. The normalized spacial score (nSPS) is 17.0.